The van der Waals surface area contributed by atoms with Crippen molar-refractivity contribution < 1.29 is 5.11 Å². The van der Waals surface area contributed by atoms with E-state index in [1.807, 2.05) is 18.2 Å². The summed E-state index contributed by atoms with van der Waals surface area (Å²) in [5.41, 5.74) is 5.38. The van der Waals surface area contributed by atoms with Crippen LogP contribution in [0, 0.1) is 0 Å². The summed E-state index contributed by atoms with van der Waals surface area (Å²) >= 11 is 0. The van der Waals surface area contributed by atoms with Crippen LogP contribution in [-0.2, 0) is 6.42 Å². The molecule has 0 radical (unpaired) electrons. The topological polar surface area (TPSA) is 61.8 Å². The lowest BCUT2D eigenvalue weighted by molar-refractivity contribution is 0.284. The molecule has 0 amide bonds. The molecule has 102 valence electrons. The van der Waals surface area contributed by atoms with Gasteiger partial charge in [0, 0.05) is 12.2 Å². The Labute approximate surface area is 117 Å². The van der Waals surface area contributed by atoms with Crippen LogP contribution in [0.4, 0.5) is 0 Å². The molecule has 1 aromatic heterocycles. The predicted octanol–water partition coefficient (Wildman–Crippen LogP) is 2.94. The minimum Gasteiger partial charge on any atom is -0.396 e. The maximum atomic E-state index is 8.92. The standard InChI is InChI=1S/C16H17N3O/c20-11-4-3-7-12-6-1-2-8-13(12)14-9-5-10-15-16(14)18-19-17-15/h1-2,5-6,8-10,20H,3-4,7,11H2,(H,17,18,19). The number of aliphatic hydroxyl groups excluding tert-OH is 1. The van der Waals surface area contributed by atoms with Gasteiger partial charge in [-0.2, -0.15) is 15.4 Å². The van der Waals surface area contributed by atoms with Gasteiger partial charge in [0.15, 0.2) is 0 Å². The number of aromatic amines is 1. The Hall–Kier alpha value is -2.20. The van der Waals surface area contributed by atoms with E-state index in [1.54, 1.807) is 0 Å². The molecular formula is C16H17N3O. The number of H-pyrrole nitrogens is 1. The number of nitrogens with one attached hydrogen (secondary N) is 1. The molecule has 0 saturated heterocycles. The molecule has 0 bridgehead atoms. The lowest BCUT2D eigenvalue weighted by Gasteiger charge is -2.09. The quantitative estimate of drug-likeness (QED) is 0.699. The number of aliphatic hydroxyl groups is 1. The molecule has 20 heavy (non-hydrogen) atoms. The average Bonchev–Trinajstić information content (AvgIpc) is 2.96. The third-order valence-corrected chi connectivity index (χ3v) is 3.51. The molecule has 3 aromatic rings. The van der Waals surface area contributed by atoms with Gasteiger partial charge in [-0.05, 0) is 36.5 Å². The van der Waals surface area contributed by atoms with Crippen LogP contribution in [0.5, 0.6) is 0 Å². The van der Waals surface area contributed by atoms with Crippen molar-refractivity contribution >= 4 is 11.0 Å². The Morgan fingerprint density at radius 1 is 0.900 bits per heavy atom. The minimum absolute atomic E-state index is 0.251. The van der Waals surface area contributed by atoms with Crippen LogP contribution < -0.4 is 0 Å². The second kappa shape index (κ2) is 5.84. The van der Waals surface area contributed by atoms with E-state index in [0.717, 1.165) is 35.9 Å². The Balaban J connectivity index is 2.03. The zero-order valence-electron chi connectivity index (χ0n) is 11.2. The van der Waals surface area contributed by atoms with E-state index in [2.05, 4.69) is 39.7 Å². The molecule has 0 unspecified atom stereocenters. The lowest BCUT2D eigenvalue weighted by atomic mass is 9.95. The van der Waals surface area contributed by atoms with Gasteiger partial charge >= 0.3 is 0 Å². The van der Waals surface area contributed by atoms with Gasteiger partial charge < -0.3 is 5.11 Å². The molecule has 0 aliphatic rings. The van der Waals surface area contributed by atoms with E-state index in [9.17, 15) is 0 Å². The first-order valence-corrected chi connectivity index (χ1v) is 6.89. The summed E-state index contributed by atoms with van der Waals surface area (Å²) in [7, 11) is 0. The summed E-state index contributed by atoms with van der Waals surface area (Å²) in [6.07, 6.45) is 2.79. The van der Waals surface area contributed by atoms with Crippen LogP contribution in [0.15, 0.2) is 42.5 Å². The van der Waals surface area contributed by atoms with E-state index in [4.69, 9.17) is 5.11 Å². The molecule has 0 fully saturated rings. The first-order valence-electron chi connectivity index (χ1n) is 6.89. The highest BCUT2D eigenvalue weighted by Crippen LogP contribution is 2.29. The molecule has 4 heteroatoms. The van der Waals surface area contributed by atoms with Gasteiger partial charge in [-0.25, -0.2) is 0 Å². The molecule has 0 atom stereocenters. The zero-order chi connectivity index (χ0) is 13.8. The number of rotatable bonds is 5. The van der Waals surface area contributed by atoms with E-state index in [0.29, 0.717) is 0 Å². The van der Waals surface area contributed by atoms with E-state index >= 15 is 0 Å². The van der Waals surface area contributed by atoms with E-state index in [-0.39, 0.29) is 6.61 Å². The van der Waals surface area contributed by atoms with Crippen molar-refractivity contribution in [1.29, 1.82) is 0 Å². The Bertz CT molecular complexity index is 706. The van der Waals surface area contributed by atoms with Gasteiger partial charge in [0.2, 0.25) is 0 Å². The normalized spacial score (nSPS) is 11.1. The third-order valence-electron chi connectivity index (χ3n) is 3.51. The molecule has 3 rings (SSSR count). The van der Waals surface area contributed by atoms with Crippen LogP contribution >= 0.6 is 0 Å². The van der Waals surface area contributed by atoms with Crippen molar-refractivity contribution in [1.82, 2.24) is 15.4 Å². The Kier molecular flexibility index (Phi) is 3.74. The second-order valence-corrected chi connectivity index (χ2v) is 4.83. The summed E-state index contributed by atoms with van der Waals surface area (Å²) in [5, 5.41) is 20.0. The molecule has 1 heterocycles. The smallest absolute Gasteiger partial charge is 0.120 e. The summed E-state index contributed by atoms with van der Waals surface area (Å²) in [4.78, 5) is 0. The number of unbranched alkanes of at least 4 members (excludes halogenated alkanes) is 1. The monoisotopic (exact) mass is 267 g/mol. The number of aryl methyl sites for hydroxylation is 1. The first kappa shape index (κ1) is 12.8. The average molecular weight is 267 g/mol. The fourth-order valence-corrected chi connectivity index (χ4v) is 2.51. The Morgan fingerprint density at radius 2 is 1.75 bits per heavy atom. The second-order valence-electron chi connectivity index (χ2n) is 4.83. The lowest BCUT2D eigenvalue weighted by Crippen LogP contribution is -1.93. The SMILES string of the molecule is OCCCCc1ccccc1-c1cccc2n[nH]nc12. The summed E-state index contributed by atoms with van der Waals surface area (Å²) in [6.45, 7) is 0.251. The zero-order valence-corrected chi connectivity index (χ0v) is 11.2. The van der Waals surface area contributed by atoms with Crippen molar-refractivity contribution in [3.05, 3.63) is 48.0 Å². The minimum atomic E-state index is 0.251. The molecule has 0 saturated carbocycles. The number of aromatic nitrogens is 3. The number of hydrogen-bond donors (Lipinski definition) is 2. The number of para-hydroxylation sites is 1. The van der Waals surface area contributed by atoms with Crippen molar-refractivity contribution in [2.24, 2.45) is 0 Å². The summed E-state index contributed by atoms with van der Waals surface area (Å²) in [6, 6.07) is 14.4. The van der Waals surface area contributed by atoms with Gasteiger partial charge in [-0.15, -0.1) is 0 Å². The number of benzene rings is 2. The maximum absolute atomic E-state index is 8.92. The van der Waals surface area contributed by atoms with Crippen molar-refractivity contribution in [3.8, 4) is 11.1 Å². The van der Waals surface area contributed by atoms with Gasteiger partial charge in [0.05, 0.1) is 0 Å². The predicted molar refractivity (Wildman–Crippen MR) is 79.3 cm³/mol. The van der Waals surface area contributed by atoms with E-state index in [1.165, 1.54) is 11.1 Å². The van der Waals surface area contributed by atoms with Crippen LogP contribution in [0.1, 0.15) is 18.4 Å². The van der Waals surface area contributed by atoms with Gasteiger partial charge in [-0.3, -0.25) is 0 Å². The third kappa shape index (κ3) is 2.42. The van der Waals surface area contributed by atoms with Gasteiger partial charge in [-0.1, -0.05) is 36.4 Å². The summed E-state index contributed by atoms with van der Waals surface area (Å²) < 4.78 is 0. The first-order chi connectivity index (χ1) is 9.90. The molecule has 0 aliphatic heterocycles. The van der Waals surface area contributed by atoms with Gasteiger partial charge in [0.25, 0.3) is 0 Å². The molecular weight excluding hydrogens is 250 g/mol. The summed E-state index contributed by atoms with van der Waals surface area (Å²) in [5.74, 6) is 0. The highest BCUT2D eigenvalue weighted by atomic mass is 16.2. The number of nitrogens with zero attached hydrogens (tertiary/aromatic N) is 2. The molecule has 0 aliphatic carbocycles. The van der Waals surface area contributed by atoms with Crippen molar-refractivity contribution in [3.63, 3.8) is 0 Å². The van der Waals surface area contributed by atoms with Crippen LogP contribution in [0.2, 0.25) is 0 Å². The molecule has 0 spiro atoms. The van der Waals surface area contributed by atoms with Crippen LogP contribution in [0.3, 0.4) is 0 Å². The Morgan fingerprint density at radius 3 is 2.65 bits per heavy atom. The van der Waals surface area contributed by atoms with Gasteiger partial charge in [0.1, 0.15) is 11.0 Å². The fourth-order valence-electron chi connectivity index (χ4n) is 2.51. The molecule has 2 aromatic carbocycles. The van der Waals surface area contributed by atoms with Crippen molar-refractivity contribution in [2.45, 2.75) is 19.3 Å². The molecule has 4 nitrogen and oxygen atoms in total. The van der Waals surface area contributed by atoms with Crippen molar-refractivity contribution in [2.75, 3.05) is 6.61 Å². The van der Waals surface area contributed by atoms with Crippen LogP contribution in [0.25, 0.3) is 22.2 Å². The maximum Gasteiger partial charge on any atom is 0.120 e. The fraction of sp³-hybridized carbons (Fsp3) is 0.250. The highest BCUT2D eigenvalue weighted by Gasteiger charge is 2.10. The molecule has 2 N–H and O–H groups in total. The highest BCUT2D eigenvalue weighted by molar-refractivity contribution is 5.92. The van der Waals surface area contributed by atoms with Crippen LogP contribution in [-0.4, -0.2) is 27.1 Å². The largest absolute Gasteiger partial charge is 0.396 e. The van der Waals surface area contributed by atoms with E-state index < -0.39 is 0 Å². The number of hydrogen-bond acceptors (Lipinski definition) is 3. The number of fused-ring (bicyclic) bond motifs is 1.